The molecule has 1 unspecified atom stereocenters. The Balaban J connectivity index is 1.94. The molecule has 174 valence electrons. The standard InChI is InChI=1S/C20H23BrN2O7S2/c1-32(28,29)19(11-5-7-22-8-6-11)23-13-4-2-3-12(9-13)17-15(21)16(30-10-14(24)25)18(31-17)20(26)27/h2-4,9,11,19,22-23H,5-8,10H2,1H3,(H,24,25)(H,26,27). The first-order valence-corrected chi connectivity index (χ1v) is 13.3. The zero-order chi connectivity index (χ0) is 23.5. The maximum atomic E-state index is 12.5. The summed E-state index contributed by atoms with van der Waals surface area (Å²) in [6.07, 6.45) is 2.71. The number of carbonyl (C=O) groups is 2. The number of halogens is 1. The molecule has 0 radical (unpaired) electrons. The first-order chi connectivity index (χ1) is 15.1. The number of thiophene rings is 1. The van der Waals surface area contributed by atoms with Crippen LogP contribution < -0.4 is 15.4 Å². The second-order valence-electron chi connectivity index (χ2n) is 7.45. The van der Waals surface area contributed by atoms with E-state index in [4.69, 9.17) is 9.84 Å². The van der Waals surface area contributed by atoms with Crippen LogP contribution in [0.3, 0.4) is 0 Å². The van der Waals surface area contributed by atoms with Crippen molar-refractivity contribution < 1.29 is 33.0 Å². The Hall–Kier alpha value is -2.15. The van der Waals surface area contributed by atoms with Gasteiger partial charge in [-0.15, -0.1) is 11.3 Å². The molecule has 1 saturated heterocycles. The van der Waals surface area contributed by atoms with Crippen LogP contribution in [0.1, 0.15) is 22.5 Å². The normalized spacial score (nSPS) is 15.8. The summed E-state index contributed by atoms with van der Waals surface area (Å²) in [6.45, 7) is 0.845. The predicted octanol–water partition coefficient (Wildman–Crippen LogP) is 3.12. The molecule has 32 heavy (non-hydrogen) atoms. The number of hydrogen-bond donors (Lipinski definition) is 4. The highest BCUT2D eigenvalue weighted by molar-refractivity contribution is 9.10. The highest BCUT2D eigenvalue weighted by atomic mass is 79.9. The third-order valence-electron chi connectivity index (χ3n) is 5.05. The van der Waals surface area contributed by atoms with E-state index in [1.54, 1.807) is 24.3 Å². The molecule has 3 rings (SSSR count). The van der Waals surface area contributed by atoms with Gasteiger partial charge >= 0.3 is 11.9 Å². The minimum atomic E-state index is -3.38. The van der Waals surface area contributed by atoms with Crippen LogP contribution in [0.4, 0.5) is 5.69 Å². The van der Waals surface area contributed by atoms with Gasteiger partial charge in [0.2, 0.25) is 0 Å². The molecule has 12 heteroatoms. The van der Waals surface area contributed by atoms with Gasteiger partial charge in [-0.2, -0.15) is 0 Å². The molecule has 2 aromatic rings. The van der Waals surface area contributed by atoms with Gasteiger partial charge in [0.1, 0.15) is 5.37 Å². The lowest BCUT2D eigenvalue weighted by atomic mass is 9.97. The van der Waals surface area contributed by atoms with E-state index in [0.717, 1.165) is 37.3 Å². The van der Waals surface area contributed by atoms with Crippen molar-refractivity contribution in [2.45, 2.75) is 18.2 Å². The Morgan fingerprint density at radius 2 is 2.00 bits per heavy atom. The second kappa shape index (κ2) is 10.2. The Labute approximate surface area is 197 Å². The van der Waals surface area contributed by atoms with Gasteiger partial charge in [-0.3, -0.25) is 0 Å². The third-order valence-corrected chi connectivity index (χ3v) is 8.70. The lowest BCUT2D eigenvalue weighted by Gasteiger charge is -2.30. The molecule has 1 aromatic carbocycles. The topological polar surface area (TPSA) is 142 Å². The van der Waals surface area contributed by atoms with E-state index in [1.807, 2.05) is 0 Å². The molecule has 4 N–H and O–H groups in total. The van der Waals surface area contributed by atoms with Gasteiger partial charge < -0.3 is 25.6 Å². The van der Waals surface area contributed by atoms with E-state index in [9.17, 15) is 23.1 Å². The van der Waals surface area contributed by atoms with Gasteiger partial charge in [0.05, 0.1) is 9.35 Å². The fourth-order valence-electron chi connectivity index (χ4n) is 3.62. The number of ether oxygens (including phenoxy) is 1. The number of hydrogen-bond acceptors (Lipinski definition) is 8. The van der Waals surface area contributed by atoms with Crippen molar-refractivity contribution in [2.24, 2.45) is 5.92 Å². The number of anilines is 1. The van der Waals surface area contributed by atoms with Crippen LogP contribution in [0, 0.1) is 5.92 Å². The number of nitrogens with one attached hydrogen (secondary N) is 2. The zero-order valence-electron chi connectivity index (χ0n) is 17.1. The zero-order valence-corrected chi connectivity index (χ0v) is 20.3. The number of aromatic carboxylic acids is 1. The van der Waals surface area contributed by atoms with Gasteiger partial charge in [0, 0.05) is 11.9 Å². The molecule has 1 atom stereocenters. The summed E-state index contributed by atoms with van der Waals surface area (Å²) in [4.78, 5) is 22.9. The summed E-state index contributed by atoms with van der Waals surface area (Å²) < 4.78 is 30.5. The van der Waals surface area contributed by atoms with Gasteiger partial charge in [0.15, 0.2) is 27.1 Å². The van der Waals surface area contributed by atoms with Crippen LogP contribution in [0.2, 0.25) is 0 Å². The highest BCUT2D eigenvalue weighted by Crippen LogP contribution is 2.46. The SMILES string of the molecule is CS(=O)(=O)C(Nc1cccc(-c2sc(C(=O)O)c(OCC(=O)O)c2Br)c1)C1CCNCC1. The van der Waals surface area contributed by atoms with Crippen molar-refractivity contribution in [3.63, 3.8) is 0 Å². The fourth-order valence-corrected chi connectivity index (χ4v) is 6.83. The quantitative estimate of drug-likeness (QED) is 0.373. The van der Waals surface area contributed by atoms with Crippen molar-refractivity contribution in [3.8, 4) is 16.2 Å². The van der Waals surface area contributed by atoms with E-state index >= 15 is 0 Å². The molecule has 1 fully saturated rings. The summed E-state index contributed by atoms with van der Waals surface area (Å²) in [6, 6.07) is 6.99. The minimum Gasteiger partial charge on any atom is -0.479 e. The molecule has 1 aromatic heterocycles. The van der Waals surface area contributed by atoms with Crippen LogP contribution >= 0.6 is 27.3 Å². The fraction of sp³-hybridized carbons (Fsp3) is 0.400. The predicted molar refractivity (Wildman–Crippen MR) is 125 cm³/mol. The van der Waals surface area contributed by atoms with Crippen LogP contribution in [0.25, 0.3) is 10.4 Å². The molecule has 1 aliphatic rings. The molecule has 9 nitrogen and oxygen atoms in total. The van der Waals surface area contributed by atoms with Gasteiger partial charge in [0.25, 0.3) is 0 Å². The number of benzene rings is 1. The van der Waals surface area contributed by atoms with Crippen molar-refractivity contribution in [2.75, 3.05) is 31.3 Å². The maximum absolute atomic E-state index is 12.5. The Bertz CT molecular complexity index is 1110. The average Bonchev–Trinajstić information content (AvgIpc) is 3.07. The summed E-state index contributed by atoms with van der Waals surface area (Å²) in [5.74, 6) is -2.54. The molecule has 0 saturated carbocycles. The number of carboxylic acid groups (broad SMARTS) is 2. The Morgan fingerprint density at radius 3 is 2.59 bits per heavy atom. The van der Waals surface area contributed by atoms with Crippen molar-refractivity contribution in [1.29, 1.82) is 0 Å². The molecule has 0 bridgehead atoms. The first kappa shape index (κ1) is 24.5. The smallest absolute Gasteiger partial charge is 0.349 e. The van der Waals surface area contributed by atoms with Crippen LogP contribution in [0.5, 0.6) is 5.75 Å². The molecule has 2 heterocycles. The lowest BCUT2D eigenvalue weighted by Crippen LogP contribution is -2.42. The minimum absolute atomic E-state index is 0.0296. The highest BCUT2D eigenvalue weighted by Gasteiger charge is 2.31. The number of sulfone groups is 1. The summed E-state index contributed by atoms with van der Waals surface area (Å²) >= 11 is 4.27. The van der Waals surface area contributed by atoms with Crippen molar-refractivity contribution in [1.82, 2.24) is 5.32 Å². The molecule has 1 aliphatic heterocycles. The number of rotatable bonds is 9. The maximum Gasteiger partial charge on any atom is 0.349 e. The van der Waals surface area contributed by atoms with E-state index in [0.29, 0.717) is 20.6 Å². The molecular weight excluding hydrogens is 524 g/mol. The van der Waals surface area contributed by atoms with Gasteiger partial charge in [-0.05, 0) is 65.5 Å². The number of aliphatic carboxylic acids is 1. The van der Waals surface area contributed by atoms with Crippen molar-refractivity contribution >= 4 is 54.7 Å². The summed E-state index contributed by atoms with van der Waals surface area (Å²) in [7, 11) is -3.38. The second-order valence-corrected chi connectivity index (χ2v) is 11.4. The van der Waals surface area contributed by atoms with Gasteiger partial charge in [-0.1, -0.05) is 12.1 Å². The van der Waals surface area contributed by atoms with Crippen molar-refractivity contribution in [3.05, 3.63) is 33.6 Å². The molecule has 0 spiro atoms. The molecule has 0 amide bonds. The third kappa shape index (κ3) is 5.80. The van der Waals surface area contributed by atoms with E-state index in [2.05, 4.69) is 26.6 Å². The van der Waals surface area contributed by atoms with Crippen LogP contribution in [-0.2, 0) is 14.6 Å². The Kier molecular flexibility index (Phi) is 7.80. The van der Waals surface area contributed by atoms with E-state index in [1.165, 1.54) is 6.26 Å². The van der Waals surface area contributed by atoms with Gasteiger partial charge in [-0.25, -0.2) is 18.0 Å². The van der Waals surface area contributed by atoms with Crippen LogP contribution in [0.15, 0.2) is 28.7 Å². The van der Waals surface area contributed by atoms with E-state index in [-0.39, 0.29) is 16.5 Å². The summed E-state index contributed by atoms with van der Waals surface area (Å²) in [5.41, 5.74) is 1.22. The van der Waals surface area contributed by atoms with E-state index < -0.39 is 33.8 Å². The summed E-state index contributed by atoms with van der Waals surface area (Å²) in [5, 5.41) is 24.0. The van der Waals surface area contributed by atoms with Crippen LogP contribution in [-0.4, -0.2) is 61.9 Å². The lowest BCUT2D eigenvalue weighted by molar-refractivity contribution is -0.139. The number of piperidine rings is 1. The number of carboxylic acids is 2. The Morgan fingerprint density at radius 1 is 1.31 bits per heavy atom. The average molecular weight is 547 g/mol. The first-order valence-electron chi connectivity index (χ1n) is 9.74. The monoisotopic (exact) mass is 546 g/mol. The molecule has 0 aliphatic carbocycles. The molecular formula is C20H23BrN2O7S2. The largest absolute Gasteiger partial charge is 0.479 e.